The van der Waals surface area contributed by atoms with E-state index in [1.807, 2.05) is 66.7 Å². The molecule has 0 bridgehead atoms. The van der Waals surface area contributed by atoms with Gasteiger partial charge in [-0.25, -0.2) is 4.98 Å². The molecular weight excluding hydrogens is 326 g/mol. The summed E-state index contributed by atoms with van der Waals surface area (Å²) in [5.41, 5.74) is 3.84. The summed E-state index contributed by atoms with van der Waals surface area (Å²) in [5.74, 6) is 0.337. The summed E-state index contributed by atoms with van der Waals surface area (Å²) < 4.78 is 5.75. The largest absolute Gasteiger partial charge is 0.436 e. The lowest BCUT2D eigenvalue weighted by molar-refractivity contribution is -0.111. The molecule has 5 heteroatoms. The first-order valence-electron chi connectivity index (χ1n) is 8.14. The molecule has 0 spiro atoms. The Morgan fingerprint density at radius 2 is 1.77 bits per heavy atom. The van der Waals surface area contributed by atoms with Crippen molar-refractivity contribution in [1.82, 2.24) is 9.97 Å². The van der Waals surface area contributed by atoms with Gasteiger partial charge in [-0.2, -0.15) is 0 Å². The van der Waals surface area contributed by atoms with Gasteiger partial charge in [0, 0.05) is 23.5 Å². The lowest BCUT2D eigenvalue weighted by atomic mass is 10.2. The van der Waals surface area contributed by atoms with Gasteiger partial charge < -0.3 is 9.73 Å². The van der Waals surface area contributed by atoms with Gasteiger partial charge in [0.2, 0.25) is 11.8 Å². The Balaban J connectivity index is 1.45. The van der Waals surface area contributed by atoms with Crippen LogP contribution < -0.4 is 5.32 Å². The Bertz CT molecular complexity index is 1030. The number of carbonyl (C=O) groups is 1. The van der Waals surface area contributed by atoms with Crippen molar-refractivity contribution in [2.75, 3.05) is 5.32 Å². The Kier molecular flexibility index (Phi) is 4.26. The number of fused-ring (bicyclic) bond motifs is 1. The van der Waals surface area contributed by atoms with Crippen LogP contribution in [-0.4, -0.2) is 15.9 Å². The summed E-state index contributed by atoms with van der Waals surface area (Å²) in [5, 5.41) is 2.81. The number of hydrogen-bond acceptors (Lipinski definition) is 4. The molecule has 5 nitrogen and oxygen atoms in total. The van der Waals surface area contributed by atoms with E-state index in [9.17, 15) is 4.79 Å². The van der Waals surface area contributed by atoms with Crippen LogP contribution in [0.4, 0.5) is 5.69 Å². The second kappa shape index (κ2) is 7.03. The summed E-state index contributed by atoms with van der Waals surface area (Å²) in [6.07, 6.45) is 4.81. The third-order valence-electron chi connectivity index (χ3n) is 3.79. The number of nitrogens with zero attached hydrogens (tertiary/aromatic N) is 2. The number of rotatable bonds is 4. The predicted molar refractivity (Wildman–Crippen MR) is 101 cm³/mol. The minimum Gasteiger partial charge on any atom is -0.436 e. The van der Waals surface area contributed by atoms with Crippen LogP contribution in [0.5, 0.6) is 0 Å². The average molecular weight is 341 g/mol. The quantitative estimate of drug-likeness (QED) is 0.553. The van der Waals surface area contributed by atoms with Crippen molar-refractivity contribution in [3.8, 4) is 11.5 Å². The van der Waals surface area contributed by atoms with E-state index in [1.165, 1.54) is 6.08 Å². The van der Waals surface area contributed by atoms with Gasteiger partial charge in [-0.05, 0) is 54.6 Å². The standard InChI is InChI=1S/C21H15N3O2/c25-20(13-12-16-5-3-4-14-22-16)23-17-10-8-15(9-11-17)21-24-18-6-1-2-7-19(18)26-21/h1-14H,(H,23,25)/b13-12+. The first-order valence-corrected chi connectivity index (χ1v) is 8.14. The van der Waals surface area contributed by atoms with Gasteiger partial charge in [-0.1, -0.05) is 18.2 Å². The van der Waals surface area contributed by atoms with Gasteiger partial charge in [-0.3, -0.25) is 9.78 Å². The van der Waals surface area contributed by atoms with Gasteiger partial charge in [0.25, 0.3) is 0 Å². The molecule has 2 heterocycles. The number of para-hydroxylation sites is 2. The van der Waals surface area contributed by atoms with Crippen LogP contribution in [0.15, 0.2) is 83.4 Å². The highest BCUT2D eigenvalue weighted by atomic mass is 16.3. The number of oxazole rings is 1. The highest BCUT2D eigenvalue weighted by molar-refractivity contribution is 6.01. The van der Waals surface area contributed by atoms with Crippen LogP contribution in [0.2, 0.25) is 0 Å². The second-order valence-corrected chi connectivity index (χ2v) is 5.64. The van der Waals surface area contributed by atoms with Crippen LogP contribution in [0, 0.1) is 0 Å². The molecule has 0 unspecified atom stereocenters. The highest BCUT2D eigenvalue weighted by Crippen LogP contribution is 2.25. The molecule has 4 rings (SSSR count). The molecule has 0 radical (unpaired) electrons. The van der Waals surface area contributed by atoms with E-state index in [0.717, 1.165) is 22.4 Å². The smallest absolute Gasteiger partial charge is 0.248 e. The molecule has 0 atom stereocenters. The zero-order valence-electron chi connectivity index (χ0n) is 13.8. The lowest BCUT2D eigenvalue weighted by Crippen LogP contribution is -2.07. The number of nitrogens with one attached hydrogen (secondary N) is 1. The Labute approximate surface area is 150 Å². The average Bonchev–Trinajstić information content (AvgIpc) is 3.12. The summed E-state index contributed by atoms with van der Waals surface area (Å²) in [6.45, 7) is 0. The van der Waals surface area contributed by atoms with Crippen LogP contribution >= 0.6 is 0 Å². The van der Waals surface area contributed by atoms with Crippen molar-refractivity contribution in [2.24, 2.45) is 0 Å². The van der Waals surface area contributed by atoms with Crippen molar-refractivity contribution in [1.29, 1.82) is 0 Å². The second-order valence-electron chi connectivity index (χ2n) is 5.64. The Hall–Kier alpha value is -3.73. The van der Waals surface area contributed by atoms with E-state index in [2.05, 4.69) is 15.3 Å². The van der Waals surface area contributed by atoms with Gasteiger partial charge in [0.05, 0.1) is 5.69 Å². The first-order chi connectivity index (χ1) is 12.8. The number of amides is 1. The molecule has 0 aliphatic rings. The van der Waals surface area contributed by atoms with Gasteiger partial charge in [0.15, 0.2) is 5.58 Å². The molecule has 2 aromatic heterocycles. The summed E-state index contributed by atoms with van der Waals surface area (Å²) in [7, 11) is 0. The molecule has 26 heavy (non-hydrogen) atoms. The third-order valence-corrected chi connectivity index (χ3v) is 3.79. The van der Waals surface area contributed by atoms with E-state index in [-0.39, 0.29) is 5.91 Å². The molecule has 1 N–H and O–H groups in total. The topological polar surface area (TPSA) is 68.0 Å². The Morgan fingerprint density at radius 1 is 0.962 bits per heavy atom. The molecule has 2 aromatic carbocycles. The van der Waals surface area contributed by atoms with Crippen molar-refractivity contribution in [3.05, 3.63) is 84.7 Å². The third kappa shape index (κ3) is 3.52. The molecular formula is C21H15N3O2. The fourth-order valence-electron chi connectivity index (χ4n) is 2.51. The van der Waals surface area contributed by atoms with E-state index >= 15 is 0 Å². The van der Waals surface area contributed by atoms with Gasteiger partial charge >= 0.3 is 0 Å². The summed E-state index contributed by atoms with van der Waals surface area (Å²) >= 11 is 0. The van der Waals surface area contributed by atoms with E-state index in [0.29, 0.717) is 11.6 Å². The van der Waals surface area contributed by atoms with Crippen molar-refractivity contribution in [2.45, 2.75) is 0 Å². The molecule has 4 aromatic rings. The number of benzene rings is 2. The number of aromatic nitrogens is 2. The maximum Gasteiger partial charge on any atom is 0.248 e. The highest BCUT2D eigenvalue weighted by Gasteiger charge is 2.07. The van der Waals surface area contributed by atoms with Crippen molar-refractivity contribution in [3.63, 3.8) is 0 Å². The normalized spacial score (nSPS) is 11.1. The van der Waals surface area contributed by atoms with Gasteiger partial charge in [0.1, 0.15) is 5.52 Å². The van der Waals surface area contributed by atoms with Crippen LogP contribution in [-0.2, 0) is 4.79 Å². The number of pyridine rings is 1. The molecule has 0 aliphatic heterocycles. The number of anilines is 1. The molecule has 0 saturated heterocycles. The van der Waals surface area contributed by atoms with Crippen LogP contribution in [0.25, 0.3) is 28.6 Å². The minimum absolute atomic E-state index is 0.217. The molecule has 1 amide bonds. The van der Waals surface area contributed by atoms with E-state index < -0.39 is 0 Å². The van der Waals surface area contributed by atoms with Crippen LogP contribution in [0.1, 0.15) is 5.69 Å². The zero-order valence-corrected chi connectivity index (χ0v) is 13.8. The SMILES string of the molecule is O=C(/C=C/c1ccccn1)Nc1ccc(-c2nc3ccccc3o2)cc1. The van der Waals surface area contributed by atoms with Gasteiger partial charge in [-0.15, -0.1) is 0 Å². The van der Waals surface area contributed by atoms with Crippen molar-refractivity contribution >= 4 is 28.8 Å². The number of hydrogen-bond donors (Lipinski definition) is 1. The zero-order chi connectivity index (χ0) is 17.8. The fraction of sp³-hybridized carbons (Fsp3) is 0. The van der Waals surface area contributed by atoms with Crippen LogP contribution in [0.3, 0.4) is 0 Å². The predicted octanol–water partition coefficient (Wildman–Crippen LogP) is 4.54. The monoisotopic (exact) mass is 341 g/mol. The maximum atomic E-state index is 12.0. The fourth-order valence-corrected chi connectivity index (χ4v) is 2.51. The number of carbonyl (C=O) groups excluding carboxylic acids is 1. The molecule has 0 aliphatic carbocycles. The summed E-state index contributed by atoms with van der Waals surface area (Å²) in [4.78, 5) is 20.6. The van der Waals surface area contributed by atoms with Crippen molar-refractivity contribution < 1.29 is 9.21 Å². The molecule has 0 saturated carbocycles. The molecule has 0 fully saturated rings. The molecule has 126 valence electrons. The lowest BCUT2D eigenvalue weighted by Gasteiger charge is -2.02. The van der Waals surface area contributed by atoms with E-state index in [1.54, 1.807) is 12.3 Å². The minimum atomic E-state index is -0.217. The van der Waals surface area contributed by atoms with E-state index in [4.69, 9.17) is 4.42 Å². The Morgan fingerprint density at radius 3 is 2.54 bits per heavy atom. The summed E-state index contributed by atoms with van der Waals surface area (Å²) in [6, 6.07) is 20.5. The first kappa shape index (κ1) is 15.8. The maximum absolute atomic E-state index is 12.0.